The third-order valence-electron chi connectivity index (χ3n) is 5.24. The van der Waals surface area contributed by atoms with Crippen molar-refractivity contribution in [1.29, 1.82) is 0 Å². The van der Waals surface area contributed by atoms with E-state index in [2.05, 4.69) is 20.9 Å². The molecule has 3 heterocycles. The van der Waals surface area contributed by atoms with Crippen LogP contribution in [0, 0.1) is 5.41 Å². The summed E-state index contributed by atoms with van der Waals surface area (Å²) in [6, 6.07) is 5.42. The van der Waals surface area contributed by atoms with Crippen LogP contribution >= 0.6 is 15.9 Å². The van der Waals surface area contributed by atoms with Crippen LogP contribution in [0.1, 0.15) is 18.4 Å². The van der Waals surface area contributed by atoms with Gasteiger partial charge in [-0.05, 0) is 24.6 Å². The van der Waals surface area contributed by atoms with Gasteiger partial charge in [-0.1, -0.05) is 15.9 Å². The van der Waals surface area contributed by atoms with Crippen LogP contribution in [0.5, 0.6) is 5.75 Å². The van der Waals surface area contributed by atoms with E-state index in [-0.39, 0.29) is 32.3 Å². The Kier molecular flexibility index (Phi) is 3.74. The van der Waals surface area contributed by atoms with Crippen LogP contribution in [-0.2, 0) is 15.0 Å². The molecule has 1 aromatic carbocycles. The van der Waals surface area contributed by atoms with Gasteiger partial charge in [0.25, 0.3) is 6.02 Å². The minimum atomic E-state index is -4.25. The Hall–Kier alpha value is -1.48. The summed E-state index contributed by atoms with van der Waals surface area (Å²) in [6.07, 6.45) is -6.03. The number of ether oxygens (including phenoxy) is 3. The second-order valence-corrected chi connectivity index (χ2v) is 7.56. The van der Waals surface area contributed by atoms with Gasteiger partial charge < -0.3 is 19.9 Å². The maximum atomic E-state index is 12.8. The normalized spacial score (nSPS) is 29.6. The van der Waals surface area contributed by atoms with Gasteiger partial charge in [0, 0.05) is 16.5 Å². The topological polar surface area (TPSA) is 66.1 Å². The monoisotopic (exact) mass is 420 g/mol. The maximum absolute atomic E-state index is 12.8. The molecular weight excluding hydrogens is 405 g/mol. The highest BCUT2D eigenvalue weighted by atomic mass is 79.9. The second kappa shape index (κ2) is 5.51. The molecule has 1 aromatic rings. The van der Waals surface area contributed by atoms with E-state index < -0.39 is 29.7 Å². The molecule has 0 amide bonds. The fourth-order valence-electron chi connectivity index (χ4n) is 3.93. The van der Waals surface area contributed by atoms with Crippen molar-refractivity contribution in [1.82, 2.24) is 0 Å². The van der Waals surface area contributed by atoms with Gasteiger partial charge in [-0.25, -0.2) is 4.99 Å². The Morgan fingerprint density at radius 3 is 2.60 bits per heavy atom. The third-order valence-corrected chi connectivity index (χ3v) is 5.73. The SMILES string of the molecule is NC1=NC2(CO1)c1cc(Br)ccc1OC(CCC(F)(F)F)C21COC1. The minimum Gasteiger partial charge on any atom is -0.489 e. The number of nitrogens with zero attached hydrogens (tertiary/aromatic N) is 1. The molecule has 0 aromatic heterocycles. The zero-order valence-corrected chi connectivity index (χ0v) is 14.7. The number of benzene rings is 1. The van der Waals surface area contributed by atoms with Crippen molar-refractivity contribution in [2.24, 2.45) is 16.1 Å². The standard InChI is InChI=1S/C16H16BrF3N2O3/c17-9-1-2-11-10(5-9)15(8-24-13(21)22-15)14(6-23-7-14)12(25-11)3-4-16(18,19)20/h1-2,5,12H,3-4,6-8H2,(H2,21,22). The molecule has 0 bridgehead atoms. The lowest BCUT2D eigenvalue weighted by Gasteiger charge is -2.57. The zero-order valence-electron chi connectivity index (χ0n) is 13.1. The molecule has 3 aliphatic heterocycles. The molecule has 3 aliphatic rings. The summed E-state index contributed by atoms with van der Waals surface area (Å²) in [5, 5.41) is 0. The summed E-state index contributed by atoms with van der Waals surface area (Å²) in [7, 11) is 0. The molecule has 2 N–H and O–H groups in total. The predicted molar refractivity (Wildman–Crippen MR) is 86.4 cm³/mol. The van der Waals surface area contributed by atoms with Gasteiger partial charge in [0.1, 0.15) is 24.0 Å². The Morgan fingerprint density at radius 1 is 1.28 bits per heavy atom. The number of alkyl halides is 3. The number of hydrogen-bond donors (Lipinski definition) is 1. The highest BCUT2D eigenvalue weighted by Crippen LogP contribution is 2.59. The first kappa shape index (κ1) is 17.0. The molecule has 25 heavy (non-hydrogen) atoms. The van der Waals surface area contributed by atoms with Crippen LogP contribution in [0.4, 0.5) is 13.2 Å². The van der Waals surface area contributed by atoms with Gasteiger partial charge in [-0.3, -0.25) is 0 Å². The lowest BCUT2D eigenvalue weighted by atomic mass is 9.59. The average Bonchev–Trinajstić information content (AvgIpc) is 2.86. The first-order valence-corrected chi connectivity index (χ1v) is 8.64. The largest absolute Gasteiger partial charge is 0.489 e. The quantitative estimate of drug-likeness (QED) is 0.797. The molecule has 2 unspecified atom stereocenters. The number of aliphatic imine (C=N–C) groups is 1. The van der Waals surface area contributed by atoms with Crippen molar-refractivity contribution < 1.29 is 27.4 Å². The molecule has 9 heteroatoms. The first-order valence-electron chi connectivity index (χ1n) is 7.85. The fourth-order valence-corrected chi connectivity index (χ4v) is 4.29. The zero-order chi connectivity index (χ0) is 17.9. The summed E-state index contributed by atoms with van der Waals surface area (Å²) < 4.78 is 56.1. The molecule has 2 spiro atoms. The molecule has 0 aliphatic carbocycles. The second-order valence-electron chi connectivity index (χ2n) is 6.65. The fraction of sp³-hybridized carbons (Fsp3) is 0.562. The molecular formula is C16H16BrF3N2O3. The highest BCUT2D eigenvalue weighted by Gasteiger charge is 2.68. The number of halogens is 4. The lowest BCUT2D eigenvalue weighted by Crippen LogP contribution is -2.67. The van der Waals surface area contributed by atoms with E-state index in [1.54, 1.807) is 12.1 Å². The van der Waals surface area contributed by atoms with Crippen molar-refractivity contribution in [3.8, 4) is 5.75 Å². The van der Waals surface area contributed by atoms with E-state index in [1.807, 2.05) is 6.07 Å². The molecule has 136 valence electrons. The van der Waals surface area contributed by atoms with Crippen LogP contribution in [0.15, 0.2) is 27.7 Å². The van der Waals surface area contributed by atoms with E-state index in [0.717, 1.165) is 10.0 Å². The van der Waals surface area contributed by atoms with Crippen molar-refractivity contribution in [3.05, 3.63) is 28.2 Å². The van der Waals surface area contributed by atoms with Gasteiger partial charge in [-0.15, -0.1) is 0 Å². The van der Waals surface area contributed by atoms with E-state index in [1.165, 1.54) is 0 Å². The van der Waals surface area contributed by atoms with E-state index >= 15 is 0 Å². The van der Waals surface area contributed by atoms with Gasteiger partial charge in [-0.2, -0.15) is 13.2 Å². The minimum absolute atomic E-state index is 0.0358. The van der Waals surface area contributed by atoms with E-state index in [0.29, 0.717) is 5.75 Å². The molecule has 2 atom stereocenters. The molecule has 1 fully saturated rings. The summed E-state index contributed by atoms with van der Waals surface area (Å²) in [5.74, 6) is 0.509. The Labute approximate surface area is 150 Å². The summed E-state index contributed by atoms with van der Waals surface area (Å²) >= 11 is 3.43. The van der Waals surface area contributed by atoms with E-state index in [9.17, 15) is 13.2 Å². The lowest BCUT2D eigenvalue weighted by molar-refractivity contribution is -0.224. The summed E-state index contributed by atoms with van der Waals surface area (Å²) in [4.78, 5) is 4.54. The van der Waals surface area contributed by atoms with Crippen molar-refractivity contribution in [3.63, 3.8) is 0 Å². The van der Waals surface area contributed by atoms with Crippen LogP contribution in [0.25, 0.3) is 0 Å². The van der Waals surface area contributed by atoms with Gasteiger partial charge in [0.15, 0.2) is 0 Å². The Balaban J connectivity index is 1.81. The number of fused-ring (bicyclic) bond motifs is 3. The Bertz CT molecular complexity index is 736. The number of rotatable bonds is 2. The summed E-state index contributed by atoms with van der Waals surface area (Å²) in [6.45, 7) is 0.667. The maximum Gasteiger partial charge on any atom is 0.389 e. The van der Waals surface area contributed by atoms with Crippen LogP contribution in [-0.4, -0.2) is 38.1 Å². The molecule has 0 radical (unpaired) electrons. The van der Waals surface area contributed by atoms with Crippen LogP contribution in [0.2, 0.25) is 0 Å². The number of amidine groups is 1. The summed E-state index contributed by atoms with van der Waals surface area (Å²) in [5.41, 5.74) is 4.91. The predicted octanol–water partition coefficient (Wildman–Crippen LogP) is 3.11. The van der Waals surface area contributed by atoms with Crippen molar-refractivity contribution in [2.45, 2.75) is 30.7 Å². The third kappa shape index (κ3) is 2.51. The van der Waals surface area contributed by atoms with Crippen LogP contribution in [0.3, 0.4) is 0 Å². The molecule has 4 rings (SSSR count). The Morgan fingerprint density at radius 2 is 2.04 bits per heavy atom. The highest BCUT2D eigenvalue weighted by molar-refractivity contribution is 9.10. The van der Waals surface area contributed by atoms with Gasteiger partial charge in [0.2, 0.25) is 0 Å². The average molecular weight is 421 g/mol. The molecule has 5 nitrogen and oxygen atoms in total. The van der Waals surface area contributed by atoms with Crippen molar-refractivity contribution >= 4 is 22.0 Å². The number of hydrogen-bond acceptors (Lipinski definition) is 5. The molecule has 1 saturated heterocycles. The van der Waals surface area contributed by atoms with E-state index in [4.69, 9.17) is 19.9 Å². The van der Waals surface area contributed by atoms with Gasteiger partial charge >= 0.3 is 6.18 Å². The molecule has 0 saturated carbocycles. The first-order chi connectivity index (χ1) is 11.8. The van der Waals surface area contributed by atoms with Crippen LogP contribution < -0.4 is 10.5 Å². The van der Waals surface area contributed by atoms with Gasteiger partial charge in [0.05, 0.1) is 18.6 Å². The number of nitrogens with two attached hydrogens (primary N) is 1. The van der Waals surface area contributed by atoms with Crippen molar-refractivity contribution in [2.75, 3.05) is 19.8 Å². The smallest absolute Gasteiger partial charge is 0.389 e.